The number of rotatable bonds is 8. The molecule has 0 unspecified atom stereocenters. The van der Waals surface area contributed by atoms with Crippen molar-refractivity contribution >= 4 is 11.8 Å². The molecule has 1 aliphatic rings. The summed E-state index contributed by atoms with van der Waals surface area (Å²) in [6, 6.07) is 12.9. The lowest BCUT2D eigenvalue weighted by atomic mass is 9.90. The highest BCUT2D eigenvalue weighted by atomic mass is 15.3. The molecule has 1 aromatic carbocycles. The van der Waals surface area contributed by atoms with E-state index in [2.05, 4.69) is 65.0 Å². The van der Waals surface area contributed by atoms with E-state index in [0.717, 1.165) is 56.7 Å². The summed E-state index contributed by atoms with van der Waals surface area (Å²) in [5, 5.41) is 0. The van der Waals surface area contributed by atoms with Crippen LogP contribution in [0, 0.1) is 5.92 Å². The van der Waals surface area contributed by atoms with Gasteiger partial charge in [0.15, 0.2) is 0 Å². The number of nitrogens with zero attached hydrogens (tertiary/aromatic N) is 4. The highest BCUT2D eigenvalue weighted by Gasteiger charge is 2.21. The second kappa shape index (κ2) is 9.56. The van der Waals surface area contributed by atoms with Crippen LogP contribution >= 0.6 is 0 Å². The van der Waals surface area contributed by atoms with Gasteiger partial charge in [-0.25, -0.2) is 4.98 Å². The largest absolute Gasteiger partial charge is 0.356 e. The lowest BCUT2D eigenvalue weighted by Crippen LogP contribution is -2.35. The van der Waals surface area contributed by atoms with Gasteiger partial charge in [-0.2, -0.15) is 4.98 Å². The molecular weight excluding hydrogens is 320 g/mol. The third-order valence-electron chi connectivity index (χ3n) is 5.20. The van der Waals surface area contributed by atoms with Crippen LogP contribution in [0.5, 0.6) is 0 Å². The lowest BCUT2D eigenvalue weighted by Gasteiger charge is -2.33. The zero-order valence-corrected chi connectivity index (χ0v) is 16.3. The topological polar surface area (TPSA) is 32.3 Å². The Morgan fingerprint density at radius 1 is 1.00 bits per heavy atom. The predicted molar refractivity (Wildman–Crippen MR) is 110 cm³/mol. The first-order valence-electron chi connectivity index (χ1n) is 10.2. The molecule has 3 rings (SSSR count). The summed E-state index contributed by atoms with van der Waals surface area (Å²) in [6.45, 7) is 8.66. The zero-order valence-electron chi connectivity index (χ0n) is 16.3. The second-order valence-electron chi connectivity index (χ2n) is 7.32. The zero-order chi connectivity index (χ0) is 18.2. The van der Waals surface area contributed by atoms with Gasteiger partial charge < -0.3 is 9.80 Å². The molecule has 0 N–H and O–H groups in total. The van der Waals surface area contributed by atoms with E-state index in [1.165, 1.54) is 24.8 Å². The number of piperidine rings is 1. The molecule has 0 saturated carbocycles. The first-order chi connectivity index (χ1) is 12.8. The number of anilines is 2. The van der Waals surface area contributed by atoms with Crippen molar-refractivity contribution in [1.82, 2.24) is 9.97 Å². The van der Waals surface area contributed by atoms with Crippen molar-refractivity contribution in [2.24, 2.45) is 5.92 Å². The van der Waals surface area contributed by atoms with Gasteiger partial charge in [-0.1, -0.05) is 44.2 Å². The molecule has 26 heavy (non-hydrogen) atoms. The predicted octanol–water partition coefficient (Wildman–Crippen LogP) is 4.56. The quantitative estimate of drug-likeness (QED) is 0.697. The highest BCUT2D eigenvalue weighted by molar-refractivity contribution is 5.44. The fraction of sp³-hybridized carbons (Fsp3) is 0.545. The third kappa shape index (κ3) is 4.96. The average Bonchev–Trinajstić information content (AvgIpc) is 2.69. The van der Waals surface area contributed by atoms with Gasteiger partial charge in [-0.05, 0) is 49.7 Å². The number of benzene rings is 1. The Morgan fingerprint density at radius 2 is 1.69 bits per heavy atom. The Labute approximate surface area is 158 Å². The fourth-order valence-electron chi connectivity index (χ4n) is 3.83. The molecule has 2 heterocycles. The molecule has 0 aliphatic carbocycles. The van der Waals surface area contributed by atoms with Crippen LogP contribution in [-0.4, -0.2) is 36.1 Å². The molecule has 0 spiro atoms. The normalized spacial score (nSPS) is 15.2. The van der Waals surface area contributed by atoms with Crippen molar-refractivity contribution in [2.45, 2.75) is 46.0 Å². The van der Waals surface area contributed by atoms with Crippen molar-refractivity contribution in [3.63, 3.8) is 0 Å². The molecule has 4 heteroatoms. The summed E-state index contributed by atoms with van der Waals surface area (Å²) in [7, 11) is 0. The Balaban J connectivity index is 1.59. The van der Waals surface area contributed by atoms with Crippen LogP contribution in [0.2, 0.25) is 0 Å². The Morgan fingerprint density at radius 3 is 2.35 bits per heavy atom. The van der Waals surface area contributed by atoms with E-state index >= 15 is 0 Å². The van der Waals surface area contributed by atoms with Crippen molar-refractivity contribution < 1.29 is 0 Å². The summed E-state index contributed by atoms with van der Waals surface area (Å²) in [5.74, 6) is 2.76. The van der Waals surface area contributed by atoms with Crippen LogP contribution in [0.25, 0.3) is 0 Å². The molecule has 4 nitrogen and oxygen atoms in total. The molecule has 0 atom stereocenters. The van der Waals surface area contributed by atoms with Crippen LogP contribution < -0.4 is 9.80 Å². The molecule has 140 valence electrons. The second-order valence-corrected chi connectivity index (χ2v) is 7.32. The average molecular weight is 353 g/mol. The van der Waals surface area contributed by atoms with Crippen LogP contribution in [0.3, 0.4) is 0 Å². The minimum Gasteiger partial charge on any atom is -0.356 e. The lowest BCUT2D eigenvalue weighted by molar-refractivity contribution is 0.402. The minimum atomic E-state index is 0.784. The van der Waals surface area contributed by atoms with E-state index in [0.29, 0.717) is 0 Å². The van der Waals surface area contributed by atoms with Gasteiger partial charge in [0.25, 0.3) is 0 Å². The van der Waals surface area contributed by atoms with Crippen molar-refractivity contribution in [1.29, 1.82) is 0 Å². The molecule has 0 amide bonds. The van der Waals surface area contributed by atoms with E-state index in [4.69, 9.17) is 4.98 Å². The molecule has 2 aromatic rings. The molecule has 0 bridgehead atoms. The fourth-order valence-corrected chi connectivity index (χ4v) is 3.83. The van der Waals surface area contributed by atoms with Crippen LogP contribution in [0.4, 0.5) is 11.8 Å². The van der Waals surface area contributed by atoms with E-state index < -0.39 is 0 Å². The van der Waals surface area contributed by atoms with Crippen molar-refractivity contribution in [3.8, 4) is 0 Å². The van der Waals surface area contributed by atoms with Crippen molar-refractivity contribution in [2.75, 3.05) is 36.0 Å². The Hall–Kier alpha value is -2.10. The summed E-state index contributed by atoms with van der Waals surface area (Å²) in [5.41, 5.74) is 1.46. The SMILES string of the molecule is CCCN(CCC)c1nccc(N2CCC(Cc3ccccc3)CC2)n1. The Kier molecular flexibility index (Phi) is 6.87. The van der Waals surface area contributed by atoms with E-state index in [-0.39, 0.29) is 0 Å². The summed E-state index contributed by atoms with van der Waals surface area (Å²) < 4.78 is 0. The number of hydrogen-bond acceptors (Lipinski definition) is 4. The molecular formula is C22H32N4. The molecule has 1 aliphatic heterocycles. The standard InChI is InChI=1S/C22H32N4/c1-3-14-26(15-4-2)22-23-13-10-21(24-22)25-16-11-20(12-17-25)18-19-8-6-5-7-9-19/h5-10,13,20H,3-4,11-12,14-18H2,1-2H3. The molecule has 1 fully saturated rings. The summed E-state index contributed by atoms with van der Waals surface area (Å²) >= 11 is 0. The van der Waals surface area contributed by atoms with Gasteiger partial charge in [-0.15, -0.1) is 0 Å². The maximum Gasteiger partial charge on any atom is 0.227 e. The van der Waals surface area contributed by atoms with E-state index in [1.807, 2.05) is 6.20 Å². The first kappa shape index (κ1) is 18.7. The molecule has 1 aromatic heterocycles. The maximum atomic E-state index is 4.88. The van der Waals surface area contributed by atoms with Gasteiger partial charge in [-0.3, -0.25) is 0 Å². The van der Waals surface area contributed by atoms with Crippen LogP contribution in [-0.2, 0) is 6.42 Å². The minimum absolute atomic E-state index is 0.784. The van der Waals surface area contributed by atoms with E-state index in [9.17, 15) is 0 Å². The summed E-state index contributed by atoms with van der Waals surface area (Å²) in [6.07, 6.45) is 7.84. The van der Waals surface area contributed by atoms with Crippen LogP contribution in [0.1, 0.15) is 45.1 Å². The molecule has 1 saturated heterocycles. The van der Waals surface area contributed by atoms with Gasteiger partial charge >= 0.3 is 0 Å². The Bertz CT molecular complexity index is 644. The number of hydrogen-bond donors (Lipinski definition) is 0. The smallest absolute Gasteiger partial charge is 0.227 e. The first-order valence-corrected chi connectivity index (χ1v) is 10.2. The number of aromatic nitrogens is 2. The third-order valence-corrected chi connectivity index (χ3v) is 5.20. The van der Waals surface area contributed by atoms with Crippen LogP contribution in [0.15, 0.2) is 42.6 Å². The van der Waals surface area contributed by atoms with Gasteiger partial charge in [0, 0.05) is 32.4 Å². The van der Waals surface area contributed by atoms with Gasteiger partial charge in [0.2, 0.25) is 5.95 Å². The van der Waals surface area contributed by atoms with E-state index in [1.54, 1.807) is 0 Å². The molecule has 0 radical (unpaired) electrons. The summed E-state index contributed by atoms with van der Waals surface area (Å²) in [4.78, 5) is 14.2. The van der Waals surface area contributed by atoms with Crippen molar-refractivity contribution in [3.05, 3.63) is 48.2 Å². The monoisotopic (exact) mass is 352 g/mol. The maximum absolute atomic E-state index is 4.88. The van der Waals surface area contributed by atoms with Gasteiger partial charge in [0.1, 0.15) is 5.82 Å². The highest BCUT2D eigenvalue weighted by Crippen LogP contribution is 2.25. The van der Waals surface area contributed by atoms with Gasteiger partial charge in [0.05, 0.1) is 0 Å².